The van der Waals surface area contributed by atoms with Crippen LogP contribution >= 0.6 is 0 Å². The molecule has 1 N–H and O–H groups in total. The van der Waals surface area contributed by atoms with Gasteiger partial charge in [0, 0.05) is 0 Å². The maximum absolute atomic E-state index is 10.8. The lowest BCUT2D eigenvalue weighted by atomic mass is 10.0. The van der Waals surface area contributed by atoms with Crippen LogP contribution in [-0.2, 0) is 9.53 Å². The highest BCUT2D eigenvalue weighted by atomic mass is 16.5. The van der Waals surface area contributed by atoms with E-state index in [1.165, 1.54) is 18.6 Å². The number of carbonyl (C=O) groups is 1. The van der Waals surface area contributed by atoms with Gasteiger partial charge in [-0.1, -0.05) is 42.5 Å². The van der Waals surface area contributed by atoms with E-state index in [0.29, 0.717) is 0 Å². The average Bonchev–Trinajstić information content (AvgIpc) is 2.46. The molecular weight excluding hydrogens is 252 g/mol. The molecule has 0 aliphatic heterocycles. The molecule has 3 nitrogen and oxygen atoms in total. The Hall–Kier alpha value is -2.55. The zero-order valence-corrected chi connectivity index (χ0v) is 11.5. The second kappa shape index (κ2) is 6.06. The lowest BCUT2D eigenvalue weighted by molar-refractivity contribution is -0.136. The minimum Gasteiger partial charge on any atom is -0.490 e. The zero-order valence-electron chi connectivity index (χ0n) is 11.5. The molecule has 20 heavy (non-hydrogen) atoms. The number of hydrogen-bond acceptors (Lipinski definition) is 2. The van der Waals surface area contributed by atoms with E-state index in [2.05, 4.69) is 24.3 Å². The van der Waals surface area contributed by atoms with Gasteiger partial charge in [0.1, 0.15) is 0 Å². The molecule has 0 fully saturated rings. The maximum Gasteiger partial charge on any atom is 0.371 e. The van der Waals surface area contributed by atoms with Crippen LogP contribution in [0.25, 0.3) is 16.3 Å². The summed E-state index contributed by atoms with van der Waals surface area (Å²) in [4.78, 5) is 10.8. The van der Waals surface area contributed by atoms with Gasteiger partial charge < -0.3 is 9.84 Å². The third kappa shape index (κ3) is 3.06. The Bertz CT molecular complexity index is 696. The molecule has 2 aromatic carbocycles. The molecule has 0 bridgehead atoms. The molecule has 0 amide bonds. The van der Waals surface area contributed by atoms with Crippen molar-refractivity contribution in [3.05, 3.63) is 65.9 Å². The lowest BCUT2D eigenvalue weighted by Gasteiger charge is -2.04. The van der Waals surface area contributed by atoms with E-state index in [1.54, 1.807) is 6.08 Å². The summed E-state index contributed by atoms with van der Waals surface area (Å²) in [6.45, 7) is 1.94. The monoisotopic (exact) mass is 268 g/mol. The van der Waals surface area contributed by atoms with E-state index in [0.717, 1.165) is 16.5 Å². The third-order valence-electron chi connectivity index (χ3n) is 3.12. The standard InChI is InChI=1S/C17H16O3/c1-12(7-10-16(20-2)17(18)19)14-9-8-13-5-3-4-6-15(13)11-14/h3-11H,1-2H3,(H,18,19)/b12-7+,16-10-. The fourth-order valence-electron chi connectivity index (χ4n) is 1.96. The molecule has 0 aliphatic rings. The predicted octanol–water partition coefficient (Wildman–Crippen LogP) is 3.86. The number of benzene rings is 2. The van der Waals surface area contributed by atoms with Crippen molar-refractivity contribution >= 4 is 22.3 Å². The van der Waals surface area contributed by atoms with Gasteiger partial charge in [-0.15, -0.1) is 0 Å². The van der Waals surface area contributed by atoms with Crippen molar-refractivity contribution in [1.29, 1.82) is 0 Å². The van der Waals surface area contributed by atoms with Gasteiger partial charge in [0.05, 0.1) is 7.11 Å². The maximum atomic E-state index is 10.8. The summed E-state index contributed by atoms with van der Waals surface area (Å²) in [5.41, 5.74) is 2.03. The Kier molecular flexibility index (Phi) is 4.20. The van der Waals surface area contributed by atoms with Crippen molar-refractivity contribution in [1.82, 2.24) is 0 Å². The number of carboxylic acid groups (broad SMARTS) is 1. The SMILES string of the molecule is CO/C(=C\C=C(/C)c1ccc2ccccc2c1)C(=O)O. The van der Waals surface area contributed by atoms with Crippen LogP contribution in [-0.4, -0.2) is 18.2 Å². The minimum atomic E-state index is -1.07. The normalized spacial score (nSPS) is 12.5. The number of hydrogen-bond donors (Lipinski definition) is 1. The minimum absolute atomic E-state index is 0.0786. The third-order valence-corrected chi connectivity index (χ3v) is 3.12. The number of carboxylic acids is 1. The van der Waals surface area contributed by atoms with Crippen LogP contribution in [0.5, 0.6) is 0 Å². The molecular formula is C17H16O3. The van der Waals surface area contributed by atoms with Gasteiger partial charge in [0.15, 0.2) is 0 Å². The summed E-state index contributed by atoms with van der Waals surface area (Å²) >= 11 is 0. The molecule has 0 radical (unpaired) electrons. The van der Waals surface area contributed by atoms with Crippen LogP contribution < -0.4 is 0 Å². The van der Waals surface area contributed by atoms with Gasteiger partial charge in [-0.2, -0.15) is 0 Å². The Morgan fingerprint density at radius 1 is 1.10 bits per heavy atom. The highest BCUT2D eigenvalue weighted by molar-refractivity contribution is 5.87. The lowest BCUT2D eigenvalue weighted by Crippen LogP contribution is -2.01. The molecule has 0 saturated carbocycles. The molecule has 2 aromatic rings. The van der Waals surface area contributed by atoms with Gasteiger partial charge in [0.2, 0.25) is 5.76 Å². The van der Waals surface area contributed by atoms with Gasteiger partial charge in [-0.3, -0.25) is 0 Å². The van der Waals surface area contributed by atoms with Crippen LogP contribution in [0.15, 0.2) is 60.4 Å². The largest absolute Gasteiger partial charge is 0.490 e. The van der Waals surface area contributed by atoms with Crippen molar-refractivity contribution in [2.45, 2.75) is 6.92 Å². The van der Waals surface area contributed by atoms with Crippen molar-refractivity contribution in [2.75, 3.05) is 7.11 Å². The Balaban J connectivity index is 2.35. The molecule has 0 spiro atoms. The molecule has 102 valence electrons. The van der Waals surface area contributed by atoms with Crippen LogP contribution in [0.1, 0.15) is 12.5 Å². The molecule has 0 aliphatic carbocycles. The molecule has 0 unspecified atom stereocenters. The van der Waals surface area contributed by atoms with Gasteiger partial charge in [-0.05, 0) is 41.0 Å². The summed E-state index contributed by atoms with van der Waals surface area (Å²) in [5, 5.41) is 11.2. The number of allylic oxidation sites excluding steroid dienone is 3. The first-order valence-electron chi connectivity index (χ1n) is 6.27. The first kappa shape index (κ1) is 13.9. The van der Waals surface area contributed by atoms with E-state index in [-0.39, 0.29) is 5.76 Å². The Morgan fingerprint density at radius 3 is 2.45 bits per heavy atom. The van der Waals surface area contributed by atoms with Crippen molar-refractivity contribution in [3.8, 4) is 0 Å². The number of fused-ring (bicyclic) bond motifs is 1. The summed E-state index contributed by atoms with van der Waals surface area (Å²) < 4.78 is 4.79. The van der Waals surface area contributed by atoms with Crippen molar-refractivity contribution in [2.24, 2.45) is 0 Å². The second-order valence-corrected chi connectivity index (χ2v) is 4.45. The number of aliphatic carboxylic acids is 1. The van der Waals surface area contributed by atoms with Gasteiger partial charge in [-0.25, -0.2) is 4.79 Å². The van der Waals surface area contributed by atoms with Crippen LogP contribution in [0, 0.1) is 0 Å². The highest BCUT2D eigenvalue weighted by Crippen LogP contribution is 2.21. The summed E-state index contributed by atoms with van der Waals surface area (Å²) in [7, 11) is 1.35. The molecule has 0 aromatic heterocycles. The van der Waals surface area contributed by atoms with E-state index in [9.17, 15) is 4.79 Å². The molecule has 3 heteroatoms. The molecule has 0 heterocycles. The van der Waals surface area contributed by atoms with E-state index >= 15 is 0 Å². The number of rotatable bonds is 4. The molecule has 0 atom stereocenters. The van der Waals surface area contributed by atoms with Crippen molar-refractivity contribution in [3.63, 3.8) is 0 Å². The van der Waals surface area contributed by atoms with Crippen LogP contribution in [0.4, 0.5) is 0 Å². The fourth-order valence-corrected chi connectivity index (χ4v) is 1.96. The first-order valence-corrected chi connectivity index (χ1v) is 6.27. The average molecular weight is 268 g/mol. The summed E-state index contributed by atoms with van der Waals surface area (Å²) in [6.07, 6.45) is 3.21. The smallest absolute Gasteiger partial charge is 0.371 e. The van der Waals surface area contributed by atoms with Gasteiger partial charge in [0.25, 0.3) is 0 Å². The molecule has 0 saturated heterocycles. The van der Waals surface area contributed by atoms with E-state index in [4.69, 9.17) is 9.84 Å². The predicted molar refractivity (Wildman–Crippen MR) is 80.3 cm³/mol. The van der Waals surface area contributed by atoms with E-state index in [1.807, 2.05) is 25.1 Å². The van der Waals surface area contributed by atoms with E-state index < -0.39 is 5.97 Å². The Labute approximate surface area is 117 Å². The van der Waals surface area contributed by atoms with Crippen LogP contribution in [0.3, 0.4) is 0 Å². The topological polar surface area (TPSA) is 46.5 Å². The number of methoxy groups -OCH3 is 1. The fraction of sp³-hybridized carbons (Fsp3) is 0.118. The molecule has 2 rings (SSSR count). The van der Waals surface area contributed by atoms with Crippen molar-refractivity contribution < 1.29 is 14.6 Å². The summed E-state index contributed by atoms with van der Waals surface area (Å²) in [5.74, 6) is -1.15. The zero-order chi connectivity index (χ0) is 14.5. The first-order chi connectivity index (χ1) is 9.61. The second-order valence-electron chi connectivity index (χ2n) is 4.45. The quantitative estimate of drug-likeness (QED) is 0.520. The highest BCUT2D eigenvalue weighted by Gasteiger charge is 2.04. The summed E-state index contributed by atoms with van der Waals surface area (Å²) in [6, 6.07) is 14.3. The Morgan fingerprint density at radius 2 is 1.80 bits per heavy atom. The van der Waals surface area contributed by atoms with Crippen LogP contribution in [0.2, 0.25) is 0 Å². The van der Waals surface area contributed by atoms with Gasteiger partial charge >= 0.3 is 5.97 Å². The number of ether oxygens (including phenoxy) is 1.